The van der Waals surface area contributed by atoms with Crippen molar-refractivity contribution in [1.29, 1.82) is 0 Å². The van der Waals surface area contributed by atoms with Crippen molar-refractivity contribution in [2.24, 2.45) is 0 Å². The quantitative estimate of drug-likeness (QED) is 0.773. The van der Waals surface area contributed by atoms with Crippen molar-refractivity contribution in [3.63, 3.8) is 0 Å². The van der Waals surface area contributed by atoms with Crippen LogP contribution in [0.2, 0.25) is 0 Å². The number of urea groups is 1. The number of amides is 4. The van der Waals surface area contributed by atoms with E-state index in [0.717, 1.165) is 16.9 Å². The monoisotopic (exact) mass is 365 g/mol. The molecule has 1 aliphatic heterocycles. The van der Waals surface area contributed by atoms with Gasteiger partial charge in [0.25, 0.3) is 5.91 Å². The highest BCUT2D eigenvalue weighted by Crippen LogP contribution is 2.32. The largest absolute Gasteiger partial charge is 0.325 e. The molecule has 2 N–H and O–H groups in total. The summed E-state index contributed by atoms with van der Waals surface area (Å²) in [5.41, 5.74) is 1.28. The van der Waals surface area contributed by atoms with E-state index in [9.17, 15) is 14.4 Å². The van der Waals surface area contributed by atoms with Gasteiger partial charge in [-0.2, -0.15) is 0 Å². The van der Waals surface area contributed by atoms with E-state index < -0.39 is 23.4 Å². The molecule has 1 atom stereocenters. The number of aryl methyl sites for hydroxylation is 1. The molecule has 3 rings (SSSR count). The lowest BCUT2D eigenvalue weighted by atomic mass is 9.87. The lowest BCUT2D eigenvalue weighted by Crippen LogP contribution is -2.44. The molecule has 140 valence electrons. The number of imide groups is 1. The van der Waals surface area contributed by atoms with Gasteiger partial charge in [0.2, 0.25) is 5.91 Å². The van der Waals surface area contributed by atoms with E-state index in [-0.39, 0.29) is 6.54 Å². The zero-order valence-electron chi connectivity index (χ0n) is 15.5. The Kier molecular flexibility index (Phi) is 5.26. The Morgan fingerprint density at radius 1 is 1.04 bits per heavy atom. The molecule has 1 aliphatic rings. The maximum atomic E-state index is 13.0. The maximum Gasteiger partial charge on any atom is 0.325 e. The van der Waals surface area contributed by atoms with Crippen molar-refractivity contribution in [3.05, 3.63) is 65.7 Å². The molecule has 0 unspecified atom stereocenters. The Hall–Kier alpha value is -3.15. The molecule has 6 heteroatoms. The van der Waals surface area contributed by atoms with Crippen LogP contribution in [0.15, 0.2) is 54.6 Å². The zero-order chi connectivity index (χ0) is 19.4. The predicted molar refractivity (Wildman–Crippen MR) is 103 cm³/mol. The standard InChI is InChI=1S/C21H23N3O3/c1-3-15-10-8-9-13-17(15)22-18(25)14-24-19(26)21(4-2,23-20(24)27)16-11-6-5-7-12-16/h5-13H,3-4,14H2,1-2H3,(H,22,25)(H,23,27)/t21-/m0/s1. The van der Waals surface area contributed by atoms with Gasteiger partial charge < -0.3 is 10.6 Å². The van der Waals surface area contributed by atoms with Crippen molar-refractivity contribution in [3.8, 4) is 0 Å². The third kappa shape index (κ3) is 3.43. The molecule has 0 radical (unpaired) electrons. The number of hydrogen-bond donors (Lipinski definition) is 2. The smallest absolute Gasteiger partial charge is 0.324 e. The average molecular weight is 365 g/mol. The lowest BCUT2D eigenvalue weighted by molar-refractivity contribution is -0.134. The summed E-state index contributed by atoms with van der Waals surface area (Å²) in [5, 5.41) is 5.58. The van der Waals surface area contributed by atoms with Crippen LogP contribution in [0.4, 0.5) is 10.5 Å². The van der Waals surface area contributed by atoms with Gasteiger partial charge in [-0.25, -0.2) is 4.79 Å². The minimum absolute atomic E-state index is 0.322. The summed E-state index contributed by atoms with van der Waals surface area (Å²) in [6, 6.07) is 16.0. The van der Waals surface area contributed by atoms with E-state index in [1.54, 1.807) is 0 Å². The van der Waals surface area contributed by atoms with Crippen LogP contribution in [0.25, 0.3) is 0 Å². The summed E-state index contributed by atoms with van der Waals surface area (Å²) >= 11 is 0. The van der Waals surface area contributed by atoms with Crippen LogP contribution in [-0.2, 0) is 21.5 Å². The fourth-order valence-corrected chi connectivity index (χ4v) is 3.42. The van der Waals surface area contributed by atoms with Gasteiger partial charge in [0.15, 0.2) is 0 Å². The summed E-state index contributed by atoms with van der Waals surface area (Å²) in [6.07, 6.45) is 1.17. The number of rotatable bonds is 6. The van der Waals surface area contributed by atoms with Gasteiger partial charge >= 0.3 is 6.03 Å². The fourth-order valence-electron chi connectivity index (χ4n) is 3.42. The van der Waals surface area contributed by atoms with Crippen LogP contribution in [-0.4, -0.2) is 29.3 Å². The first-order chi connectivity index (χ1) is 13.0. The molecule has 6 nitrogen and oxygen atoms in total. The summed E-state index contributed by atoms with van der Waals surface area (Å²) in [5.74, 6) is -0.806. The molecule has 0 saturated carbocycles. The Morgan fingerprint density at radius 3 is 2.37 bits per heavy atom. The number of hydrogen-bond acceptors (Lipinski definition) is 3. The van der Waals surface area contributed by atoms with Crippen LogP contribution in [0.3, 0.4) is 0 Å². The third-order valence-electron chi connectivity index (χ3n) is 4.95. The molecule has 27 heavy (non-hydrogen) atoms. The Balaban J connectivity index is 1.78. The van der Waals surface area contributed by atoms with Gasteiger partial charge in [-0.3, -0.25) is 14.5 Å². The molecule has 2 aromatic rings. The van der Waals surface area contributed by atoms with Crippen LogP contribution >= 0.6 is 0 Å². The lowest BCUT2D eigenvalue weighted by Gasteiger charge is -2.25. The van der Waals surface area contributed by atoms with E-state index in [4.69, 9.17) is 0 Å². The molecule has 1 saturated heterocycles. The summed E-state index contributed by atoms with van der Waals surface area (Å²) in [7, 11) is 0. The van der Waals surface area contributed by atoms with Crippen molar-refractivity contribution in [2.75, 3.05) is 11.9 Å². The summed E-state index contributed by atoms with van der Waals surface area (Å²) in [4.78, 5) is 39.0. The highest BCUT2D eigenvalue weighted by atomic mass is 16.2. The van der Waals surface area contributed by atoms with Crippen molar-refractivity contribution < 1.29 is 14.4 Å². The van der Waals surface area contributed by atoms with Crippen LogP contribution in [0, 0.1) is 0 Å². The van der Waals surface area contributed by atoms with Crippen LogP contribution < -0.4 is 10.6 Å². The van der Waals surface area contributed by atoms with Crippen molar-refractivity contribution in [2.45, 2.75) is 32.2 Å². The van der Waals surface area contributed by atoms with Gasteiger partial charge in [0, 0.05) is 5.69 Å². The molecule has 0 aromatic heterocycles. The van der Waals surface area contributed by atoms with Gasteiger partial charge in [0.1, 0.15) is 12.1 Å². The first-order valence-corrected chi connectivity index (χ1v) is 9.09. The molecule has 0 spiro atoms. The van der Waals surface area contributed by atoms with Crippen LogP contribution in [0.1, 0.15) is 31.4 Å². The van der Waals surface area contributed by atoms with E-state index in [2.05, 4.69) is 10.6 Å². The van der Waals surface area contributed by atoms with E-state index in [1.165, 1.54) is 0 Å². The second-order valence-corrected chi connectivity index (χ2v) is 6.51. The van der Waals surface area contributed by atoms with E-state index in [1.807, 2.05) is 68.4 Å². The minimum atomic E-state index is -1.13. The summed E-state index contributed by atoms with van der Waals surface area (Å²) in [6.45, 7) is 3.52. The molecule has 0 aliphatic carbocycles. The highest BCUT2D eigenvalue weighted by molar-refractivity contribution is 6.10. The Labute approximate surface area is 158 Å². The van der Waals surface area contributed by atoms with Crippen molar-refractivity contribution in [1.82, 2.24) is 10.2 Å². The van der Waals surface area contributed by atoms with Gasteiger partial charge in [-0.05, 0) is 30.0 Å². The molecule has 2 aromatic carbocycles. The van der Waals surface area contributed by atoms with E-state index in [0.29, 0.717) is 17.7 Å². The van der Waals surface area contributed by atoms with Crippen molar-refractivity contribution >= 4 is 23.5 Å². The topological polar surface area (TPSA) is 78.5 Å². The number of para-hydroxylation sites is 1. The minimum Gasteiger partial charge on any atom is -0.324 e. The predicted octanol–water partition coefficient (Wildman–Crippen LogP) is 3.04. The number of anilines is 1. The first kappa shape index (κ1) is 18.6. The first-order valence-electron chi connectivity index (χ1n) is 9.09. The second-order valence-electron chi connectivity index (χ2n) is 6.51. The normalized spacial score (nSPS) is 19.1. The summed E-state index contributed by atoms with van der Waals surface area (Å²) < 4.78 is 0. The highest BCUT2D eigenvalue weighted by Gasteiger charge is 2.51. The SMILES string of the molecule is CCc1ccccc1NC(=O)CN1C(=O)N[C@@](CC)(c2ccccc2)C1=O. The third-order valence-corrected chi connectivity index (χ3v) is 4.95. The second kappa shape index (κ2) is 7.61. The number of carbonyl (C=O) groups excluding carboxylic acids is 3. The molecule has 4 amide bonds. The molecule has 0 bridgehead atoms. The fraction of sp³-hybridized carbons (Fsp3) is 0.286. The maximum absolute atomic E-state index is 13.0. The van der Waals surface area contributed by atoms with Crippen LogP contribution in [0.5, 0.6) is 0 Å². The number of benzene rings is 2. The van der Waals surface area contributed by atoms with Gasteiger partial charge in [-0.15, -0.1) is 0 Å². The van der Waals surface area contributed by atoms with Gasteiger partial charge in [-0.1, -0.05) is 62.4 Å². The molecular formula is C21H23N3O3. The number of carbonyl (C=O) groups is 3. The number of nitrogens with zero attached hydrogens (tertiary/aromatic N) is 1. The Morgan fingerprint density at radius 2 is 1.70 bits per heavy atom. The zero-order valence-corrected chi connectivity index (χ0v) is 15.5. The Bertz CT molecular complexity index is 866. The molecular weight excluding hydrogens is 342 g/mol. The van der Waals surface area contributed by atoms with Gasteiger partial charge in [0.05, 0.1) is 0 Å². The van der Waals surface area contributed by atoms with E-state index >= 15 is 0 Å². The number of nitrogens with one attached hydrogen (secondary N) is 2. The molecule has 1 heterocycles. The average Bonchev–Trinajstić information content (AvgIpc) is 2.94. The molecule has 1 fully saturated rings.